The van der Waals surface area contributed by atoms with Crippen molar-refractivity contribution in [3.63, 3.8) is 0 Å². The number of aryl methyl sites for hydroxylation is 3. The van der Waals surface area contributed by atoms with Gasteiger partial charge < -0.3 is 14.4 Å². The maximum absolute atomic E-state index is 2.69. The van der Waals surface area contributed by atoms with Crippen LogP contribution >= 0.6 is 0 Å². The number of para-hydroxylation sites is 2. The molecular formula is C64H60BN3. The molecule has 4 heteroatoms. The molecule has 0 fully saturated rings. The summed E-state index contributed by atoms with van der Waals surface area (Å²) < 4.78 is 2.69. The van der Waals surface area contributed by atoms with E-state index >= 15 is 0 Å². The van der Waals surface area contributed by atoms with Gasteiger partial charge in [0.25, 0.3) is 6.71 Å². The fourth-order valence-corrected chi connectivity index (χ4v) is 12.1. The molecule has 0 spiro atoms. The van der Waals surface area contributed by atoms with E-state index in [1.54, 1.807) is 0 Å². The number of hydrogen-bond acceptors (Lipinski definition) is 2. The van der Waals surface area contributed by atoms with Gasteiger partial charge in [0.05, 0.1) is 11.4 Å². The average Bonchev–Trinajstić information content (AvgIpc) is 3.78. The van der Waals surface area contributed by atoms with Crippen molar-refractivity contribution in [3.05, 3.63) is 203 Å². The highest BCUT2D eigenvalue weighted by Gasteiger charge is 2.48. The van der Waals surface area contributed by atoms with E-state index in [4.69, 9.17) is 0 Å². The number of benzene rings is 8. The summed E-state index contributed by atoms with van der Waals surface area (Å²) in [6.07, 6.45) is 0. The zero-order chi connectivity index (χ0) is 47.2. The van der Waals surface area contributed by atoms with E-state index in [0.29, 0.717) is 0 Å². The number of fused-ring (bicyclic) bond motifs is 9. The van der Waals surface area contributed by atoms with Crippen LogP contribution in [0.3, 0.4) is 0 Å². The molecule has 0 saturated carbocycles. The topological polar surface area (TPSA) is 11.4 Å². The Bertz CT molecular complexity index is 3510. The van der Waals surface area contributed by atoms with Crippen molar-refractivity contribution in [2.75, 3.05) is 9.80 Å². The predicted molar refractivity (Wildman–Crippen MR) is 292 cm³/mol. The third-order valence-corrected chi connectivity index (χ3v) is 15.5. The molecule has 2 aliphatic heterocycles. The zero-order valence-corrected chi connectivity index (χ0v) is 41.5. The zero-order valence-electron chi connectivity index (χ0n) is 41.5. The van der Waals surface area contributed by atoms with Gasteiger partial charge in [-0.25, -0.2) is 0 Å². The molecule has 3 nitrogen and oxygen atoms in total. The van der Waals surface area contributed by atoms with E-state index in [1.165, 1.54) is 123 Å². The van der Waals surface area contributed by atoms with Crippen LogP contribution in [0.2, 0.25) is 0 Å². The molecule has 3 aliphatic rings. The van der Waals surface area contributed by atoms with Gasteiger partial charge in [-0.3, -0.25) is 0 Å². The lowest BCUT2D eigenvalue weighted by Gasteiger charge is -2.42. The molecule has 0 bridgehead atoms. The van der Waals surface area contributed by atoms with Gasteiger partial charge >= 0.3 is 0 Å². The molecule has 68 heavy (non-hydrogen) atoms. The summed E-state index contributed by atoms with van der Waals surface area (Å²) in [4.78, 5) is 5.12. The minimum atomic E-state index is -0.178. The largest absolute Gasteiger partial charge is 0.311 e. The van der Waals surface area contributed by atoms with Crippen molar-refractivity contribution >= 4 is 68.1 Å². The van der Waals surface area contributed by atoms with Crippen LogP contribution < -0.4 is 26.2 Å². The van der Waals surface area contributed by atoms with E-state index < -0.39 is 0 Å². The van der Waals surface area contributed by atoms with Gasteiger partial charge in [-0.1, -0.05) is 165 Å². The smallest absolute Gasteiger partial charge is 0.252 e. The molecule has 0 saturated heterocycles. The van der Waals surface area contributed by atoms with E-state index in [1.807, 2.05) is 0 Å². The molecule has 8 aromatic carbocycles. The van der Waals surface area contributed by atoms with Crippen molar-refractivity contribution in [1.29, 1.82) is 0 Å². The van der Waals surface area contributed by atoms with Crippen molar-refractivity contribution in [2.24, 2.45) is 0 Å². The van der Waals surface area contributed by atoms with Crippen molar-refractivity contribution in [2.45, 2.75) is 92.4 Å². The van der Waals surface area contributed by atoms with Crippen LogP contribution in [0.5, 0.6) is 0 Å². The predicted octanol–water partition coefficient (Wildman–Crippen LogP) is 15.2. The van der Waals surface area contributed by atoms with Crippen molar-refractivity contribution in [3.8, 4) is 28.1 Å². The first kappa shape index (κ1) is 42.3. The lowest BCUT2D eigenvalue weighted by Crippen LogP contribution is -2.60. The SMILES string of the molecule is Cc1cc2c3c(c1)-n1c4c(c5cc(C(C)(C)C)cc(c51)B3c1ccc(N(c3ccccc3C)c3ccccc3C)cc1N2c1ccc(C(C)(C)C)cc1-c1ccccc1)C(C)(C)c1ccccc1-4. The molecule has 0 unspecified atom stereocenters. The standard InChI is InChI=1S/C64H60BN3/c1-39-33-56-59-57(34-39)68-60-48(58-61(68)46-25-17-18-26-49(46)64(58,10)11)36-44(63(7,8)9)37-51(60)65(59)50-31-30-45(66(52-27-19-15-21-40(52)2)53-28-20-16-22-41(53)3)38-55(50)67(56)54-32-29-43(62(4,5)6)35-47(54)42-23-13-12-14-24-42/h12-38H,1-11H3. The molecule has 1 aromatic heterocycles. The number of rotatable bonds is 5. The molecular weight excluding hydrogens is 822 g/mol. The lowest BCUT2D eigenvalue weighted by molar-refractivity contribution is 0.590. The Balaban J connectivity index is 1.24. The minimum Gasteiger partial charge on any atom is -0.311 e. The summed E-state index contributed by atoms with van der Waals surface area (Å²) in [5.41, 5.74) is 27.9. The fraction of sp³-hybridized carbons (Fsp3) is 0.219. The molecule has 3 heterocycles. The van der Waals surface area contributed by atoms with E-state index in [2.05, 4.69) is 254 Å². The summed E-state index contributed by atoms with van der Waals surface area (Å²) in [5.74, 6) is 0. The van der Waals surface area contributed by atoms with Crippen LogP contribution in [0.25, 0.3) is 39.0 Å². The van der Waals surface area contributed by atoms with Gasteiger partial charge in [0.2, 0.25) is 0 Å². The maximum Gasteiger partial charge on any atom is 0.252 e. The molecule has 1 aliphatic carbocycles. The lowest BCUT2D eigenvalue weighted by atomic mass is 9.33. The van der Waals surface area contributed by atoms with Crippen LogP contribution in [0.1, 0.15) is 94.3 Å². The monoisotopic (exact) mass is 881 g/mol. The van der Waals surface area contributed by atoms with Gasteiger partial charge in [0, 0.05) is 61.6 Å². The Kier molecular flexibility index (Phi) is 9.17. The van der Waals surface area contributed by atoms with E-state index in [-0.39, 0.29) is 23.0 Å². The highest BCUT2D eigenvalue weighted by atomic mass is 15.2. The third kappa shape index (κ3) is 6.12. The van der Waals surface area contributed by atoms with E-state index in [0.717, 1.165) is 5.69 Å². The summed E-state index contributed by atoms with van der Waals surface area (Å²) in [6.45, 7) is 25.8. The second-order valence-electron chi connectivity index (χ2n) is 22.4. The summed E-state index contributed by atoms with van der Waals surface area (Å²) >= 11 is 0. The average molecular weight is 882 g/mol. The van der Waals surface area contributed by atoms with Gasteiger partial charge in [0.1, 0.15) is 0 Å². The van der Waals surface area contributed by atoms with Gasteiger partial charge in [-0.15, -0.1) is 0 Å². The number of aromatic nitrogens is 1. The van der Waals surface area contributed by atoms with E-state index in [9.17, 15) is 0 Å². The van der Waals surface area contributed by atoms with Crippen molar-refractivity contribution < 1.29 is 0 Å². The highest BCUT2D eigenvalue weighted by molar-refractivity contribution is 7.00. The van der Waals surface area contributed by atoms with Gasteiger partial charge in [0.15, 0.2) is 0 Å². The quantitative estimate of drug-likeness (QED) is 0.160. The molecule has 0 radical (unpaired) electrons. The first-order chi connectivity index (χ1) is 32.5. The first-order valence-electron chi connectivity index (χ1n) is 24.6. The van der Waals surface area contributed by atoms with Crippen LogP contribution in [-0.4, -0.2) is 11.3 Å². The molecule has 0 N–H and O–H groups in total. The van der Waals surface area contributed by atoms with Crippen LogP contribution in [0, 0.1) is 20.8 Å². The molecule has 12 rings (SSSR count). The molecule has 0 atom stereocenters. The maximum atomic E-state index is 2.69. The Hall–Kier alpha value is -7.04. The summed E-state index contributed by atoms with van der Waals surface area (Å²) in [7, 11) is 0. The second kappa shape index (κ2) is 14.7. The Morgan fingerprint density at radius 3 is 1.82 bits per heavy atom. The Morgan fingerprint density at radius 1 is 0.515 bits per heavy atom. The Labute approximate surface area is 403 Å². The summed E-state index contributed by atoms with van der Waals surface area (Å²) in [5, 5.41) is 1.38. The molecule has 334 valence electrons. The normalized spacial score (nSPS) is 14.2. The highest BCUT2D eigenvalue weighted by Crippen LogP contribution is 2.55. The second-order valence-corrected chi connectivity index (χ2v) is 22.4. The van der Waals surface area contributed by atoms with Crippen LogP contribution in [-0.2, 0) is 16.2 Å². The van der Waals surface area contributed by atoms with Crippen molar-refractivity contribution in [1.82, 2.24) is 4.57 Å². The minimum absolute atomic E-state index is 0.00835. The van der Waals surface area contributed by atoms with Gasteiger partial charge in [-0.2, -0.15) is 0 Å². The number of nitrogens with zero attached hydrogens (tertiary/aromatic N) is 3. The summed E-state index contributed by atoms with van der Waals surface area (Å²) in [6, 6.07) is 62.6. The fourth-order valence-electron chi connectivity index (χ4n) is 12.1. The van der Waals surface area contributed by atoms with Crippen LogP contribution in [0.4, 0.5) is 34.1 Å². The van der Waals surface area contributed by atoms with Crippen LogP contribution in [0.15, 0.2) is 164 Å². The number of hydrogen-bond donors (Lipinski definition) is 0. The number of anilines is 6. The molecule has 0 amide bonds. The third-order valence-electron chi connectivity index (χ3n) is 15.5. The first-order valence-corrected chi connectivity index (χ1v) is 24.6. The van der Waals surface area contributed by atoms with Gasteiger partial charge in [-0.05, 0) is 147 Å². The molecule has 9 aromatic rings. The Morgan fingerprint density at radius 2 is 1.15 bits per heavy atom.